The van der Waals surface area contributed by atoms with E-state index in [-0.39, 0.29) is 16.5 Å². The van der Waals surface area contributed by atoms with E-state index < -0.39 is 15.9 Å². The van der Waals surface area contributed by atoms with E-state index in [4.69, 9.17) is 16.3 Å². The number of nitrogens with zero attached hydrogens (tertiary/aromatic N) is 1. The molecule has 2 rings (SSSR count). The van der Waals surface area contributed by atoms with Crippen LogP contribution in [-0.4, -0.2) is 38.3 Å². The van der Waals surface area contributed by atoms with Gasteiger partial charge in [-0.1, -0.05) is 44.5 Å². The second-order valence-corrected chi connectivity index (χ2v) is 8.38. The summed E-state index contributed by atoms with van der Waals surface area (Å²) < 4.78 is 32.2. The average molecular weight is 425 g/mol. The lowest BCUT2D eigenvalue weighted by Crippen LogP contribution is -2.31. The maximum atomic E-state index is 12.7. The molecule has 1 N–H and O–H groups in total. The number of hydrogen-bond donors (Lipinski definition) is 1. The number of nitrogens with one attached hydrogen (secondary N) is 1. The van der Waals surface area contributed by atoms with E-state index in [2.05, 4.69) is 12.2 Å². The van der Waals surface area contributed by atoms with Crippen molar-refractivity contribution in [1.82, 2.24) is 4.31 Å². The van der Waals surface area contributed by atoms with Gasteiger partial charge in [-0.05, 0) is 42.3 Å². The number of hydrogen-bond acceptors (Lipinski definition) is 4. The van der Waals surface area contributed by atoms with Crippen LogP contribution in [0.15, 0.2) is 47.4 Å². The Balaban J connectivity index is 2.08. The van der Waals surface area contributed by atoms with Crippen molar-refractivity contribution in [2.75, 3.05) is 25.0 Å². The van der Waals surface area contributed by atoms with Gasteiger partial charge in [0.15, 0.2) is 6.61 Å². The molecule has 6 nitrogen and oxygen atoms in total. The molecule has 28 heavy (non-hydrogen) atoms. The molecular formula is C20H25ClN2O4S. The Kier molecular flexibility index (Phi) is 7.86. The van der Waals surface area contributed by atoms with Crippen LogP contribution in [0, 0.1) is 0 Å². The lowest BCUT2D eigenvalue weighted by molar-refractivity contribution is -0.118. The minimum absolute atomic E-state index is 0.0354. The van der Waals surface area contributed by atoms with Crippen LogP contribution in [0.25, 0.3) is 0 Å². The van der Waals surface area contributed by atoms with Gasteiger partial charge in [0.05, 0.1) is 5.02 Å². The minimum atomic E-state index is -3.73. The van der Waals surface area contributed by atoms with Crippen molar-refractivity contribution in [2.24, 2.45) is 0 Å². The quantitative estimate of drug-likeness (QED) is 0.661. The van der Waals surface area contributed by atoms with E-state index in [1.54, 1.807) is 19.9 Å². The summed E-state index contributed by atoms with van der Waals surface area (Å²) in [7, 11) is -3.73. The van der Waals surface area contributed by atoms with Crippen LogP contribution >= 0.6 is 11.6 Å². The molecule has 8 heteroatoms. The van der Waals surface area contributed by atoms with Crippen molar-refractivity contribution < 1.29 is 17.9 Å². The number of ether oxygens (including phenoxy) is 1. The highest BCUT2D eigenvalue weighted by atomic mass is 35.5. The van der Waals surface area contributed by atoms with Gasteiger partial charge in [0, 0.05) is 18.8 Å². The zero-order chi connectivity index (χ0) is 20.7. The Bertz CT molecular complexity index is 910. The fourth-order valence-corrected chi connectivity index (χ4v) is 4.61. The van der Waals surface area contributed by atoms with E-state index in [1.807, 2.05) is 24.3 Å². The summed E-state index contributed by atoms with van der Waals surface area (Å²) in [6, 6.07) is 11.9. The molecule has 2 aromatic carbocycles. The third kappa shape index (κ3) is 5.47. The summed E-state index contributed by atoms with van der Waals surface area (Å²) in [5.41, 5.74) is 1.52. The molecule has 0 spiro atoms. The number of rotatable bonds is 9. The number of anilines is 1. The van der Waals surface area contributed by atoms with Crippen LogP contribution in [0.1, 0.15) is 26.3 Å². The van der Waals surface area contributed by atoms with Crippen LogP contribution in [0.3, 0.4) is 0 Å². The van der Waals surface area contributed by atoms with E-state index in [0.29, 0.717) is 24.5 Å². The number of sulfonamides is 1. The van der Waals surface area contributed by atoms with E-state index in [9.17, 15) is 13.2 Å². The van der Waals surface area contributed by atoms with Crippen LogP contribution in [-0.2, 0) is 21.2 Å². The lowest BCUT2D eigenvalue weighted by atomic mass is 10.2. The van der Waals surface area contributed by atoms with E-state index in [1.165, 1.54) is 22.0 Å². The molecule has 0 bridgehead atoms. The van der Waals surface area contributed by atoms with Crippen molar-refractivity contribution in [3.05, 3.63) is 53.1 Å². The number of benzene rings is 2. The third-order valence-corrected chi connectivity index (χ3v) is 6.77. The van der Waals surface area contributed by atoms with Gasteiger partial charge in [0.2, 0.25) is 10.0 Å². The summed E-state index contributed by atoms with van der Waals surface area (Å²) in [6.07, 6.45) is 0.927. The maximum Gasteiger partial charge on any atom is 0.262 e. The first-order chi connectivity index (χ1) is 13.3. The highest BCUT2D eigenvalue weighted by Crippen LogP contribution is 2.27. The van der Waals surface area contributed by atoms with Gasteiger partial charge < -0.3 is 10.1 Å². The van der Waals surface area contributed by atoms with Crippen molar-refractivity contribution in [1.29, 1.82) is 0 Å². The summed E-state index contributed by atoms with van der Waals surface area (Å²) in [5, 5.41) is 2.75. The Morgan fingerprint density at radius 2 is 1.71 bits per heavy atom. The lowest BCUT2D eigenvalue weighted by Gasteiger charge is -2.19. The third-order valence-electron chi connectivity index (χ3n) is 4.24. The highest BCUT2D eigenvalue weighted by Gasteiger charge is 2.25. The fourth-order valence-electron chi connectivity index (χ4n) is 2.65. The summed E-state index contributed by atoms with van der Waals surface area (Å²) in [4.78, 5) is 12.1. The second kappa shape index (κ2) is 9.91. The molecule has 0 radical (unpaired) electrons. The van der Waals surface area contributed by atoms with Gasteiger partial charge in [0.25, 0.3) is 5.91 Å². The number of aryl methyl sites for hydroxylation is 1. The smallest absolute Gasteiger partial charge is 0.262 e. The zero-order valence-electron chi connectivity index (χ0n) is 16.2. The maximum absolute atomic E-state index is 12.7. The Morgan fingerprint density at radius 3 is 2.29 bits per heavy atom. The Hall–Kier alpha value is -2.09. The van der Waals surface area contributed by atoms with Gasteiger partial charge in [-0.15, -0.1) is 0 Å². The van der Waals surface area contributed by atoms with Crippen molar-refractivity contribution in [3.63, 3.8) is 0 Å². The number of carbonyl (C=O) groups excluding carboxylic acids is 1. The van der Waals surface area contributed by atoms with Crippen LogP contribution in [0.4, 0.5) is 5.69 Å². The molecule has 0 fully saturated rings. The number of carbonyl (C=O) groups is 1. The first-order valence-corrected chi connectivity index (χ1v) is 10.9. The van der Waals surface area contributed by atoms with Gasteiger partial charge in [-0.2, -0.15) is 4.31 Å². The monoisotopic (exact) mass is 424 g/mol. The van der Waals surface area contributed by atoms with Gasteiger partial charge >= 0.3 is 0 Å². The van der Waals surface area contributed by atoms with E-state index in [0.717, 1.165) is 6.42 Å². The largest absolute Gasteiger partial charge is 0.484 e. The first-order valence-electron chi connectivity index (χ1n) is 9.13. The van der Waals surface area contributed by atoms with Gasteiger partial charge in [0.1, 0.15) is 10.6 Å². The zero-order valence-corrected chi connectivity index (χ0v) is 17.8. The molecule has 0 aliphatic rings. The molecule has 0 heterocycles. The van der Waals surface area contributed by atoms with Crippen LogP contribution in [0.5, 0.6) is 5.75 Å². The van der Waals surface area contributed by atoms with Crippen molar-refractivity contribution in [2.45, 2.75) is 32.1 Å². The van der Waals surface area contributed by atoms with Gasteiger partial charge in [-0.3, -0.25) is 4.79 Å². The second-order valence-electron chi connectivity index (χ2n) is 6.07. The standard InChI is InChI=1S/C20H25ClN2O4S/c1-4-15-7-10-17(11-8-15)27-14-20(24)22-16-9-12-18(21)19(13-16)28(25,26)23(5-2)6-3/h7-13H,4-6,14H2,1-3H3,(H,22,24). The number of amides is 1. The summed E-state index contributed by atoms with van der Waals surface area (Å²) in [6.45, 7) is 6.04. The average Bonchev–Trinajstić information content (AvgIpc) is 2.69. The molecule has 152 valence electrons. The van der Waals surface area contributed by atoms with E-state index >= 15 is 0 Å². The molecule has 0 aromatic heterocycles. The van der Waals surface area contributed by atoms with Gasteiger partial charge in [-0.25, -0.2) is 8.42 Å². The molecular weight excluding hydrogens is 400 g/mol. The SMILES string of the molecule is CCc1ccc(OCC(=O)Nc2ccc(Cl)c(S(=O)(=O)N(CC)CC)c2)cc1. The Labute approximate surface area is 171 Å². The Morgan fingerprint density at radius 1 is 1.07 bits per heavy atom. The number of halogens is 1. The first kappa shape index (κ1) is 22.2. The molecule has 0 saturated carbocycles. The predicted octanol–water partition coefficient (Wildman–Crippen LogP) is 3.95. The van der Waals surface area contributed by atoms with Crippen molar-refractivity contribution in [3.8, 4) is 5.75 Å². The molecule has 0 unspecified atom stereocenters. The molecule has 1 amide bonds. The molecule has 0 atom stereocenters. The fraction of sp³-hybridized carbons (Fsp3) is 0.350. The summed E-state index contributed by atoms with van der Waals surface area (Å²) in [5.74, 6) is 0.196. The van der Waals surface area contributed by atoms with Crippen LogP contribution < -0.4 is 10.1 Å². The summed E-state index contributed by atoms with van der Waals surface area (Å²) >= 11 is 6.10. The normalized spacial score (nSPS) is 11.5. The predicted molar refractivity (Wildman–Crippen MR) is 112 cm³/mol. The van der Waals surface area contributed by atoms with Crippen LogP contribution in [0.2, 0.25) is 5.02 Å². The minimum Gasteiger partial charge on any atom is -0.484 e. The molecule has 0 aliphatic heterocycles. The highest BCUT2D eigenvalue weighted by molar-refractivity contribution is 7.89. The molecule has 0 aliphatic carbocycles. The molecule has 2 aromatic rings. The molecule has 0 saturated heterocycles. The van der Waals surface area contributed by atoms with Crippen molar-refractivity contribution >= 4 is 33.2 Å². The topological polar surface area (TPSA) is 75.7 Å².